The summed E-state index contributed by atoms with van der Waals surface area (Å²) in [6, 6.07) is 5.59. The number of rotatable bonds is 11. The molecule has 0 spiro atoms. The van der Waals surface area contributed by atoms with Crippen molar-refractivity contribution < 1.29 is 9.59 Å². The van der Waals surface area contributed by atoms with E-state index in [1.54, 1.807) is 6.07 Å². The van der Waals surface area contributed by atoms with Gasteiger partial charge in [-0.25, -0.2) is 0 Å². The Balaban J connectivity index is 0.00000288. The molecule has 1 aromatic rings. The summed E-state index contributed by atoms with van der Waals surface area (Å²) in [5.74, 6) is -0.484. The Kier molecular flexibility index (Phi) is 9.31. The second-order valence-electron chi connectivity index (χ2n) is 6.55. The van der Waals surface area contributed by atoms with Crippen molar-refractivity contribution in [3.8, 4) is 0 Å². The molecule has 0 saturated carbocycles. The average Bonchev–Trinajstić information content (AvgIpc) is 2.84. The van der Waals surface area contributed by atoms with E-state index >= 15 is 0 Å². The zero-order valence-corrected chi connectivity index (χ0v) is 15.0. The van der Waals surface area contributed by atoms with Crippen molar-refractivity contribution in [1.82, 2.24) is 11.5 Å². The van der Waals surface area contributed by atoms with E-state index in [9.17, 15) is 9.59 Å². The van der Waals surface area contributed by atoms with Crippen LogP contribution >= 0.6 is 0 Å². The van der Waals surface area contributed by atoms with Crippen molar-refractivity contribution in [2.24, 2.45) is 0 Å². The van der Waals surface area contributed by atoms with Gasteiger partial charge in [0.1, 0.15) is 0 Å². The maximum absolute atomic E-state index is 11.8. The van der Waals surface area contributed by atoms with Crippen molar-refractivity contribution in [1.29, 1.82) is 0 Å². The molecule has 2 rings (SSSR count). The van der Waals surface area contributed by atoms with E-state index in [1.807, 2.05) is 12.1 Å². The molecule has 0 aromatic heterocycles. The summed E-state index contributed by atoms with van der Waals surface area (Å²) in [4.78, 5) is 23.5. The predicted octanol–water partition coefficient (Wildman–Crippen LogP) is 5.20. The number of carbonyl (C=O) groups excluding carboxylic acids is 2. The average molecular weight is 332 g/mol. The molecule has 0 saturated heterocycles. The number of carbonyl (C=O) groups is 2. The minimum atomic E-state index is -0.255. The molecular weight excluding hydrogens is 300 g/mol. The van der Waals surface area contributed by atoms with Crippen LogP contribution in [0.25, 0.3) is 0 Å². The van der Waals surface area contributed by atoms with Gasteiger partial charge in [0.15, 0.2) is 0 Å². The van der Waals surface area contributed by atoms with Gasteiger partial charge in [-0.3, -0.25) is 14.9 Å². The highest BCUT2D eigenvalue weighted by molar-refractivity contribution is 6.22. The summed E-state index contributed by atoms with van der Waals surface area (Å²) in [6.45, 7) is 2.25. The van der Waals surface area contributed by atoms with Crippen molar-refractivity contribution in [3.63, 3.8) is 0 Å². The van der Waals surface area contributed by atoms with Crippen molar-refractivity contribution in [2.75, 3.05) is 0 Å². The number of hydrogen-bond acceptors (Lipinski definition) is 3. The fraction of sp³-hybridized carbons (Fsp3) is 0.600. The van der Waals surface area contributed by atoms with Gasteiger partial charge in [0, 0.05) is 0 Å². The first-order valence-electron chi connectivity index (χ1n) is 9.21. The number of amides is 2. The van der Waals surface area contributed by atoms with Gasteiger partial charge >= 0.3 is 0 Å². The smallest absolute Gasteiger partial charge is 0.259 e. The lowest BCUT2D eigenvalue weighted by molar-refractivity contribution is 0.0879. The van der Waals surface area contributed by atoms with E-state index in [1.165, 1.54) is 57.8 Å². The van der Waals surface area contributed by atoms with Gasteiger partial charge in [0.25, 0.3) is 11.8 Å². The Morgan fingerprint density at radius 2 is 1.38 bits per heavy atom. The van der Waals surface area contributed by atoms with Gasteiger partial charge in [-0.15, -0.1) is 0 Å². The van der Waals surface area contributed by atoms with E-state index in [0.29, 0.717) is 11.1 Å². The summed E-state index contributed by atoms with van der Waals surface area (Å²) in [7, 11) is 0. The molecule has 4 heteroatoms. The fourth-order valence-corrected chi connectivity index (χ4v) is 3.30. The molecule has 0 unspecified atom stereocenters. The number of benzene rings is 1. The van der Waals surface area contributed by atoms with Crippen molar-refractivity contribution >= 4 is 11.8 Å². The molecule has 0 aliphatic carbocycles. The van der Waals surface area contributed by atoms with E-state index in [4.69, 9.17) is 0 Å². The molecule has 0 bridgehead atoms. The summed E-state index contributed by atoms with van der Waals surface area (Å²) < 4.78 is 0. The third kappa shape index (κ3) is 5.75. The van der Waals surface area contributed by atoms with Crippen LogP contribution in [-0.4, -0.2) is 11.8 Å². The number of hydrogen-bond donors (Lipinski definition) is 2. The Morgan fingerprint density at radius 3 is 2.00 bits per heavy atom. The topological polar surface area (TPSA) is 81.2 Å². The Labute approximate surface area is 146 Å². The molecule has 4 N–H and O–H groups in total. The third-order valence-corrected chi connectivity index (χ3v) is 4.65. The van der Waals surface area contributed by atoms with Gasteiger partial charge in [-0.2, -0.15) is 0 Å². The summed E-state index contributed by atoms with van der Waals surface area (Å²) in [5.41, 5.74) is 2.17. The first kappa shape index (κ1) is 20.4. The van der Waals surface area contributed by atoms with Crippen LogP contribution < -0.4 is 11.5 Å². The monoisotopic (exact) mass is 332 g/mol. The molecule has 134 valence electrons. The van der Waals surface area contributed by atoms with Crippen LogP contribution in [-0.2, 0) is 6.42 Å². The maximum Gasteiger partial charge on any atom is 0.259 e. The van der Waals surface area contributed by atoms with Crippen LogP contribution in [0.4, 0.5) is 0 Å². The molecular formula is C20H32N2O2. The number of imide groups is 1. The number of fused-ring (bicyclic) bond motifs is 1. The molecule has 4 nitrogen and oxygen atoms in total. The second kappa shape index (κ2) is 11.0. The minimum absolute atomic E-state index is 0. The van der Waals surface area contributed by atoms with Crippen molar-refractivity contribution in [2.45, 2.75) is 77.6 Å². The number of unbranched alkanes of at least 4 members (excludes halogenated alkanes) is 9. The predicted molar refractivity (Wildman–Crippen MR) is 98.8 cm³/mol. The minimum Gasteiger partial charge on any atom is -0.344 e. The fourth-order valence-electron chi connectivity index (χ4n) is 3.30. The maximum atomic E-state index is 11.8. The SMILES string of the molecule is CCCCCCCCCCCCc1cccc2c1C(=O)NC2=O.N. The lowest BCUT2D eigenvalue weighted by Gasteiger charge is -2.06. The normalized spacial score (nSPS) is 12.7. The van der Waals surface area contributed by atoms with Crippen LogP contribution in [0.1, 0.15) is 97.4 Å². The van der Waals surface area contributed by atoms with Crippen LogP contribution in [0.5, 0.6) is 0 Å². The van der Waals surface area contributed by atoms with Gasteiger partial charge in [-0.1, -0.05) is 76.8 Å². The van der Waals surface area contributed by atoms with Crippen LogP contribution in [0.15, 0.2) is 18.2 Å². The molecule has 1 aliphatic heterocycles. The van der Waals surface area contributed by atoms with E-state index in [-0.39, 0.29) is 18.0 Å². The summed E-state index contributed by atoms with van der Waals surface area (Å²) in [5, 5.41) is 2.38. The van der Waals surface area contributed by atoms with Crippen LogP contribution in [0, 0.1) is 0 Å². The molecule has 1 heterocycles. The van der Waals surface area contributed by atoms with Gasteiger partial charge in [0.05, 0.1) is 11.1 Å². The summed E-state index contributed by atoms with van der Waals surface area (Å²) in [6.07, 6.45) is 13.9. The van der Waals surface area contributed by atoms with Crippen LogP contribution in [0.2, 0.25) is 0 Å². The second-order valence-corrected chi connectivity index (χ2v) is 6.55. The molecule has 1 aromatic carbocycles. The standard InChI is InChI=1S/C20H29NO2.H3N/c1-2-3-4-5-6-7-8-9-10-11-13-16-14-12-15-17-18(16)20(23)21-19(17)22;/h12,14-15H,2-11,13H2,1H3,(H,21,22,23);1H3. The van der Waals surface area contributed by atoms with Crippen LogP contribution in [0.3, 0.4) is 0 Å². The van der Waals surface area contributed by atoms with E-state index in [2.05, 4.69) is 12.2 Å². The largest absolute Gasteiger partial charge is 0.344 e. The Bertz CT molecular complexity index is 540. The highest BCUT2D eigenvalue weighted by Gasteiger charge is 2.28. The van der Waals surface area contributed by atoms with Gasteiger partial charge in [0.2, 0.25) is 0 Å². The summed E-state index contributed by atoms with van der Waals surface area (Å²) >= 11 is 0. The van der Waals surface area contributed by atoms with Gasteiger partial charge < -0.3 is 6.15 Å². The van der Waals surface area contributed by atoms with Crippen molar-refractivity contribution in [3.05, 3.63) is 34.9 Å². The number of aryl methyl sites for hydroxylation is 1. The first-order chi connectivity index (χ1) is 11.2. The molecule has 0 atom stereocenters. The molecule has 0 fully saturated rings. The third-order valence-electron chi connectivity index (χ3n) is 4.65. The zero-order valence-electron chi connectivity index (χ0n) is 15.0. The van der Waals surface area contributed by atoms with E-state index < -0.39 is 0 Å². The Hall–Kier alpha value is -1.68. The Morgan fingerprint density at radius 1 is 0.792 bits per heavy atom. The molecule has 0 radical (unpaired) electrons. The van der Waals surface area contributed by atoms with Gasteiger partial charge in [-0.05, 0) is 24.5 Å². The quantitative estimate of drug-likeness (QED) is 0.432. The highest BCUT2D eigenvalue weighted by Crippen LogP contribution is 2.22. The first-order valence-corrected chi connectivity index (χ1v) is 9.21. The molecule has 24 heavy (non-hydrogen) atoms. The molecule has 2 amide bonds. The highest BCUT2D eigenvalue weighted by atomic mass is 16.2. The number of nitrogens with one attached hydrogen (secondary N) is 1. The lowest BCUT2D eigenvalue weighted by atomic mass is 9.97. The zero-order chi connectivity index (χ0) is 16.5. The van der Waals surface area contributed by atoms with E-state index in [0.717, 1.165) is 18.4 Å². The molecule has 1 aliphatic rings. The lowest BCUT2D eigenvalue weighted by Crippen LogP contribution is -2.20.